The van der Waals surface area contributed by atoms with Crippen molar-refractivity contribution in [2.24, 2.45) is 0 Å². The maximum absolute atomic E-state index is 13.1. The van der Waals surface area contributed by atoms with Crippen LogP contribution in [0.1, 0.15) is 25.6 Å². The zero-order valence-electron chi connectivity index (χ0n) is 17.2. The van der Waals surface area contributed by atoms with E-state index in [0.717, 1.165) is 0 Å². The maximum atomic E-state index is 13.1. The highest BCUT2D eigenvalue weighted by Crippen LogP contribution is 2.43. The summed E-state index contributed by atoms with van der Waals surface area (Å²) < 4.78 is 8.24. The summed E-state index contributed by atoms with van der Waals surface area (Å²) >= 11 is 8.20. The van der Waals surface area contributed by atoms with E-state index in [2.05, 4.69) is 41.9 Å². The largest absolute Gasteiger partial charge is 0.425 e. The van der Waals surface area contributed by atoms with Gasteiger partial charge < -0.3 is 4.74 Å². The highest BCUT2D eigenvalue weighted by molar-refractivity contribution is 9.11. The van der Waals surface area contributed by atoms with Crippen molar-refractivity contribution in [3.63, 3.8) is 0 Å². The normalized spacial score (nSPS) is 14.5. The van der Waals surface area contributed by atoms with Crippen LogP contribution in [0.3, 0.4) is 0 Å². The number of para-hydroxylation sites is 1. The Bertz CT molecular complexity index is 1330. The number of nitrogens with zero attached hydrogens (tertiary/aromatic N) is 3. The number of H-pyrrole nitrogens is 1. The molecule has 32 heavy (non-hydrogen) atoms. The molecule has 0 unspecified atom stereocenters. The van der Waals surface area contributed by atoms with Crippen molar-refractivity contribution in [2.75, 3.05) is 11.2 Å². The van der Waals surface area contributed by atoms with Gasteiger partial charge in [-0.15, -0.1) is 0 Å². The van der Waals surface area contributed by atoms with Gasteiger partial charge in [0, 0.05) is 23.4 Å². The standard InChI is InChI=1S/C21H16Br2N4O4S/c1-10(28)26-16-7-5-4-6-13(16)17-19(30)24-21(32-3)25-27(17)20(26)14-8-12(22)9-15(23)18(14)31-11(2)29/h4-9,20H,1-3H3/p+1/t20-/m1/s1. The fourth-order valence-electron chi connectivity index (χ4n) is 3.71. The SMILES string of the molecule is CSc1n[n+]2c(c(=O)[nH]1)-c1ccccc1N(C(C)=O)[C@H]2c1cc(Br)cc(Br)c1OC(C)=O. The van der Waals surface area contributed by atoms with Crippen LogP contribution in [0.15, 0.2) is 55.3 Å². The number of rotatable bonds is 3. The number of anilines is 1. The summed E-state index contributed by atoms with van der Waals surface area (Å²) in [6.07, 6.45) is 0.911. The Kier molecular flexibility index (Phi) is 6.24. The summed E-state index contributed by atoms with van der Waals surface area (Å²) in [7, 11) is 0. The van der Waals surface area contributed by atoms with Crippen LogP contribution in [-0.4, -0.2) is 28.2 Å². The fourth-order valence-corrected chi connectivity index (χ4v) is 5.41. The second kappa shape index (κ2) is 8.80. The van der Waals surface area contributed by atoms with Crippen LogP contribution in [0.4, 0.5) is 5.69 Å². The summed E-state index contributed by atoms with van der Waals surface area (Å²) in [4.78, 5) is 42.3. The van der Waals surface area contributed by atoms with Gasteiger partial charge in [-0.05, 0) is 51.1 Å². The van der Waals surface area contributed by atoms with Gasteiger partial charge in [-0.3, -0.25) is 19.4 Å². The first-order valence-electron chi connectivity index (χ1n) is 9.39. The summed E-state index contributed by atoms with van der Waals surface area (Å²) in [6, 6.07) is 10.6. The molecular weight excluding hydrogens is 564 g/mol. The number of carbonyl (C=O) groups is 2. The molecule has 3 aromatic rings. The first-order valence-corrected chi connectivity index (χ1v) is 12.2. The number of carbonyl (C=O) groups excluding carboxylic acids is 2. The number of ether oxygens (including phenoxy) is 1. The number of fused-ring (bicyclic) bond motifs is 3. The first kappa shape index (κ1) is 22.7. The number of esters is 1. The molecule has 11 heteroatoms. The number of thioether (sulfide) groups is 1. The number of hydrogen-bond donors (Lipinski definition) is 1. The molecule has 0 bridgehead atoms. The smallest absolute Gasteiger partial charge is 0.325 e. The monoisotopic (exact) mass is 579 g/mol. The second-order valence-electron chi connectivity index (χ2n) is 6.94. The van der Waals surface area contributed by atoms with Gasteiger partial charge in [0.05, 0.1) is 21.3 Å². The molecule has 1 atom stereocenters. The molecule has 0 saturated heterocycles. The summed E-state index contributed by atoms with van der Waals surface area (Å²) in [5.41, 5.74) is 1.56. The lowest BCUT2D eigenvalue weighted by Crippen LogP contribution is -2.60. The quantitative estimate of drug-likeness (QED) is 0.219. The Hall–Kier alpha value is -2.50. The lowest BCUT2D eigenvalue weighted by Gasteiger charge is -2.32. The summed E-state index contributed by atoms with van der Waals surface area (Å²) in [5, 5.41) is 5.00. The number of nitrogens with one attached hydrogen (secondary N) is 1. The first-order chi connectivity index (χ1) is 15.2. The average molecular weight is 581 g/mol. The van der Waals surface area contributed by atoms with E-state index in [1.54, 1.807) is 47.6 Å². The average Bonchev–Trinajstić information content (AvgIpc) is 2.73. The molecule has 0 saturated carbocycles. The molecule has 2 aromatic carbocycles. The Labute approximate surface area is 204 Å². The topological polar surface area (TPSA) is 96.2 Å². The number of aromatic nitrogens is 3. The van der Waals surface area contributed by atoms with E-state index in [9.17, 15) is 14.4 Å². The van der Waals surface area contributed by atoms with E-state index < -0.39 is 12.1 Å². The fraction of sp³-hybridized carbons (Fsp3) is 0.190. The molecule has 1 aromatic heterocycles. The number of halogens is 2. The molecule has 1 N–H and O–H groups in total. The molecule has 8 nitrogen and oxygen atoms in total. The molecule has 1 aliphatic rings. The van der Waals surface area contributed by atoms with Crippen LogP contribution in [0.25, 0.3) is 11.3 Å². The minimum Gasteiger partial charge on any atom is -0.425 e. The number of benzene rings is 2. The predicted molar refractivity (Wildman–Crippen MR) is 127 cm³/mol. The highest BCUT2D eigenvalue weighted by atomic mass is 79.9. The minimum atomic E-state index is -0.881. The van der Waals surface area contributed by atoms with E-state index >= 15 is 0 Å². The maximum Gasteiger partial charge on any atom is 0.325 e. The number of aromatic amines is 1. The Balaban J connectivity index is 2.14. The van der Waals surface area contributed by atoms with Crippen molar-refractivity contribution in [1.29, 1.82) is 0 Å². The van der Waals surface area contributed by atoms with Crippen LogP contribution in [0.5, 0.6) is 5.75 Å². The van der Waals surface area contributed by atoms with E-state index in [0.29, 0.717) is 36.6 Å². The van der Waals surface area contributed by atoms with Crippen molar-refractivity contribution < 1.29 is 19.0 Å². The second-order valence-corrected chi connectivity index (χ2v) is 9.50. The van der Waals surface area contributed by atoms with Gasteiger partial charge in [0.25, 0.3) is 6.17 Å². The highest BCUT2D eigenvalue weighted by Gasteiger charge is 2.46. The van der Waals surface area contributed by atoms with Crippen LogP contribution < -0.4 is 19.9 Å². The zero-order valence-corrected chi connectivity index (χ0v) is 21.2. The van der Waals surface area contributed by atoms with Crippen LogP contribution in [0.2, 0.25) is 0 Å². The summed E-state index contributed by atoms with van der Waals surface area (Å²) in [6.45, 7) is 2.74. The molecular formula is C21H17Br2N4O4S+. The number of hydrogen-bond acceptors (Lipinski definition) is 6. The lowest BCUT2D eigenvalue weighted by molar-refractivity contribution is -0.763. The van der Waals surface area contributed by atoms with Crippen LogP contribution in [0, 0.1) is 0 Å². The van der Waals surface area contributed by atoms with E-state index in [4.69, 9.17) is 4.74 Å². The molecule has 2 heterocycles. The van der Waals surface area contributed by atoms with Gasteiger partial charge in [-0.2, -0.15) is 0 Å². The van der Waals surface area contributed by atoms with Gasteiger partial charge in [0.2, 0.25) is 11.1 Å². The summed E-state index contributed by atoms with van der Waals surface area (Å²) in [5.74, 6) is -0.547. The van der Waals surface area contributed by atoms with Gasteiger partial charge in [-0.1, -0.05) is 39.8 Å². The van der Waals surface area contributed by atoms with Gasteiger partial charge in [-0.25, -0.2) is 4.90 Å². The van der Waals surface area contributed by atoms with Crippen molar-refractivity contribution in [2.45, 2.75) is 25.2 Å². The molecule has 0 radical (unpaired) electrons. The van der Waals surface area contributed by atoms with Crippen LogP contribution >= 0.6 is 43.6 Å². The number of amides is 1. The predicted octanol–water partition coefficient (Wildman–Crippen LogP) is 3.81. The van der Waals surface area contributed by atoms with Gasteiger partial charge >= 0.3 is 17.2 Å². The Morgan fingerprint density at radius 3 is 2.59 bits per heavy atom. The van der Waals surface area contributed by atoms with Gasteiger partial charge in [0.15, 0.2) is 5.75 Å². The molecule has 1 amide bonds. The third-order valence-corrected chi connectivity index (χ3v) is 6.47. The van der Waals surface area contributed by atoms with Crippen molar-refractivity contribution in [3.05, 3.63) is 61.3 Å². The van der Waals surface area contributed by atoms with E-state index in [-0.39, 0.29) is 17.2 Å². The minimum absolute atomic E-state index is 0.238. The third-order valence-electron chi connectivity index (χ3n) is 4.85. The van der Waals surface area contributed by atoms with Crippen molar-refractivity contribution in [1.82, 2.24) is 10.1 Å². The lowest BCUT2D eigenvalue weighted by atomic mass is 10.0. The van der Waals surface area contributed by atoms with Gasteiger partial charge in [0.1, 0.15) is 0 Å². The molecule has 0 fully saturated rings. The zero-order chi connectivity index (χ0) is 23.2. The van der Waals surface area contributed by atoms with Crippen molar-refractivity contribution >= 4 is 61.2 Å². The van der Waals surface area contributed by atoms with E-state index in [1.165, 1.54) is 30.3 Å². The Morgan fingerprint density at radius 1 is 1.22 bits per heavy atom. The third kappa shape index (κ3) is 3.89. The Morgan fingerprint density at radius 2 is 1.94 bits per heavy atom. The van der Waals surface area contributed by atoms with Crippen LogP contribution in [-0.2, 0) is 9.59 Å². The molecule has 4 rings (SSSR count). The molecule has 1 aliphatic heterocycles. The van der Waals surface area contributed by atoms with Crippen molar-refractivity contribution in [3.8, 4) is 17.0 Å². The molecule has 0 aliphatic carbocycles. The molecule has 0 spiro atoms. The van der Waals surface area contributed by atoms with E-state index in [1.807, 2.05) is 0 Å². The molecule has 164 valence electrons.